The van der Waals surface area contributed by atoms with Crippen molar-refractivity contribution in [1.82, 2.24) is 9.55 Å². The van der Waals surface area contributed by atoms with Crippen molar-refractivity contribution in [3.63, 3.8) is 0 Å². The third-order valence-electron chi connectivity index (χ3n) is 3.22. The van der Waals surface area contributed by atoms with E-state index in [1.165, 1.54) is 0 Å². The van der Waals surface area contributed by atoms with Gasteiger partial charge in [-0.2, -0.15) is 5.26 Å². The molecule has 0 bridgehead atoms. The van der Waals surface area contributed by atoms with E-state index in [1.807, 2.05) is 16.7 Å². The van der Waals surface area contributed by atoms with Crippen molar-refractivity contribution in [3.05, 3.63) is 51.8 Å². The van der Waals surface area contributed by atoms with Crippen LogP contribution in [-0.2, 0) is 0 Å². The first-order valence-corrected chi connectivity index (χ1v) is 6.92. The number of aromatic amines is 1. The predicted octanol–water partition coefficient (Wildman–Crippen LogP) is 4.22. The van der Waals surface area contributed by atoms with E-state index in [0.29, 0.717) is 26.6 Å². The van der Waals surface area contributed by atoms with Gasteiger partial charge in [0, 0.05) is 5.02 Å². The fourth-order valence-corrected chi connectivity index (χ4v) is 2.77. The molecule has 0 saturated carbocycles. The zero-order valence-corrected chi connectivity index (χ0v) is 12.6. The number of hydrogen-bond donors (Lipinski definition) is 1. The van der Waals surface area contributed by atoms with Gasteiger partial charge in [0.2, 0.25) is 0 Å². The van der Waals surface area contributed by atoms with Crippen LogP contribution in [0.4, 0.5) is 0 Å². The summed E-state index contributed by atoms with van der Waals surface area (Å²) in [5.74, 6) is 0.652. The number of methoxy groups -OCH3 is 1. The van der Waals surface area contributed by atoms with E-state index in [1.54, 1.807) is 31.4 Å². The van der Waals surface area contributed by atoms with E-state index in [0.717, 1.165) is 11.2 Å². The quantitative estimate of drug-likeness (QED) is 0.720. The molecule has 0 fully saturated rings. The molecule has 1 N–H and O–H groups in total. The summed E-state index contributed by atoms with van der Waals surface area (Å²) in [6.45, 7) is 0. The van der Waals surface area contributed by atoms with Gasteiger partial charge in [-0.25, -0.2) is 0 Å². The van der Waals surface area contributed by atoms with E-state index in [4.69, 9.17) is 28.6 Å². The number of benzene rings is 2. The largest absolute Gasteiger partial charge is 0.495 e. The van der Waals surface area contributed by atoms with E-state index >= 15 is 0 Å². The van der Waals surface area contributed by atoms with Gasteiger partial charge in [0.25, 0.3) is 0 Å². The molecule has 0 saturated heterocycles. The summed E-state index contributed by atoms with van der Waals surface area (Å²) in [4.78, 5) is 3.07. The van der Waals surface area contributed by atoms with Crippen LogP contribution < -0.4 is 4.74 Å². The van der Waals surface area contributed by atoms with Crippen molar-refractivity contribution < 1.29 is 4.74 Å². The molecule has 4 nitrogen and oxygen atoms in total. The number of nitriles is 1. The Balaban J connectivity index is 2.42. The Morgan fingerprint density at radius 3 is 2.86 bits per heavy atom. The lowest BCUT2D eigenvalue weighted by Gasteiger charge is -2.10. The monoisotopic (exact) mass is 315 g/mol. The lowest BCUT2D eigenvalue weighted by atomic mass is 10.2. The van der Waals surface area contributed by atoms with Crippen LogP contribution >= 0.6 is 23.8 Å². The molecule has 3 rings (SSSR count). The Morgan fingerprint density at radius 1 is 1.33 bits per heavy atom. The van der Waals surface area contributed by atoms with Crippen molar-refractivity contribution in [3.8, 4) is 17.5 Å². The summed E-state index contributed by atoms with van der Waals surface area (Å²) in [7, 11) is 1.59. The lowest BCUT2D eigenvalue weighted by Crippen LogP contribution is -1.98. The molecule has 0 spiro atoms. The van der Waals surface area contributed by atoms with Crippen molar-refractivity contribution >= 4 is 34.9 Å². The third kappa shape index (κ3) is 2.19. The number of para-hydroxylation sites is 1. The van der Waals surface area contributed by atoms with Crippen LogP contribution in [0.15, 0.2) is 36.4 Å². The molecule has 0 atom stereocenters. The number of H-pyrrole nitrogens is 1. The SMILES string of the molecule is COc1ccc(Cl)cc1-n1c(=S)[nH]c2c(C#N)cccc21. The second-order valence-electron chi connectivity index (χ2n) is 4.39. The highest BCUT2D eigenvalue weighted by atomic mass is 35.5. The molecule has 0 aliphatic carbocycles. The lowest BCUT2D eigenvalue weighted by molar-refractivity contribution is 0.413. The molecular formula is C15H10ClN3OS. The summed E-state index contributed by atoms with van der Waals surface area (Å²) in [6.07, 6.45) is 0. The zero-order valence-electron chi connectivity index (χ0n) is 11.1. The summed E-state index contributed by atoms with van der Waals surface area (Å²) < 4.78 is 7.68. The van der Waals surface area contributed by atoms with Gasteiger partial charge in [0.1, 0.15) is 11.8 Å². The summed E-state index contributed by atoms with van der Waals surface area (Å²) in [5, 5.41) is 9.77. The second kappa shape index (κ2) is 5.24. The molecule has 0 aliphatic rings. The van der Waals surface area contributed by atoms with Crippen molar-refractivity contribution in [2.75, 3.05) is 7.11 Å². The van der Waals surface area contributed by atoms with E-state index < -0.39 is 0 Å². The molecule has 1 heterocycles. The van der Waals surface area contributed by atoms with Crippen molar-refractivity contribution in [2.24, 2.45) is 0 Å². The maximum absolute atomic E-state index is 9.19. The van der Waals surface area contributed by atoms with Gasteiger partial charge >= 0.3 is 0 Å². The van der Waals surface area contributed by atoms with Gasteiger partial charge in [0.05, 0.1) is 29.4 Å². The molecule has 0 amide bonds. The minimum Gasteiger partial charge on any atom is -0.495 e. The number of fused-ring (bicyclic) bond motifs is 1. The van der Waals surface area contributed by atoms with Crippen molar-refractivity contribution in [2.45, 2.75) is 0 Å². The summed E-state index contributed by atoms with van der Waals surface area (Å²) >= 11 is 11.5. The van der Waals surface area contributed by atoms with Crippen LogP contribution in [0.25, 0.3) is 16.7 Å². The zero-order chi connectivity index (χ0) is 15.0. The first-order valence-electron chi connectivity index (χ1n) is 6.13. The number of rotatable bonds is 2. The molecular weight excluding hydrogens is 306 g/mol. The van der Waals surface area contributed by atoms with Crippen molar-refractivity contribution in [1.29, 1.82) is 5.26 Å². The highest BCUT2D eigenvalue weighted by Crippen LogP contribution is 2.30. The number of aromatic nitrogens is 2. The van der Waals surface area contributed by atoms with Crippen LogP contribution in [0, 0.1) is 16.1 Å². The Bertz CT molecular complexity index is 936. The molecule has 3 aromatic rings. The van der Waals surface area contributed by atoms with E-state index in [9.17, 15) is 5.26 Å². The molecule has 104 valence electrons. The maximum atomic E-state index is 9.19. The van der Waals surface area contributed by atoms with Crippen LogP contribution in [0.1, 0.15) is 5.56 Å². The maximum Gasteiger partial charge on any atom is 0.182 e. The van der Waals surface area contributed by atoms with Crippen LogP contribution in [-0.4, -0.2) is 16.7 Å². The first-order chi connectivity index (χ1) is 10.2. The Labute approximate surface area is 131 Å². The first kappa shape index (κ1) is 13.7. The Morgan fingerprint density at radius 2 is 2.14 bits per heavy atom. The third-order valence-corrected chi connectivity index (χ3v) is 3.74. The average Bonchev–Trinajstić information content (AvgIpc) is 2.82. The fourth-order valence-electron chi connectivity index (χ4n) is 2.30. The number of nitrogens with one attached hydrogen (secondary N) is 1. The summed E-state index contributed by atoms with van der Waals surface area (Å²) in [5.41, 5.74) is 2.78. The molecule has 21 heavy (non-hydrogen) atoms. The molecule has 6 heteroatoms. The smallest absolute Gasteiger partial charge is 0.182 e. The second-order valence-corrected chi connectivity index (χ2v) is 5.22. The minimum absolute atomic E-state index is 0.480. The predicted molar refractivity (Wildman–Crippen MR) is 84.7 cm³/mol. The van der Waals surface area contributed by atoms with Gasteiger partial charge in [-0.3, -0.25) is 4.57 Å². The molecule has 0 unspecified atom stereocenters. The molecule has 0 radical (unpaired) electrons. The highest BCUT2D eigenvalue weighted by Gasteiger charge is 2.13. The topological polar surface area (TPSA) is 53.7 Å². The number of imidazole rings is 1. The Hall–Kier alpha value is -2.29. The van der Waals surface area contributed by atoms with Crippen LogP contribution in [0.3, 0.4) is 0 Å². The van der Waals surface area contributed by atoms with Crippen LogP contribution in [0.2, 0.25) is 5.02 Å². The van der Waals surface area contributed by atoms with Gasteiger partial charge in [-0.1, -0.05) is 17.7 Å². The number of nitrogens with zero attached hydrogens (tertiary/aromatic N) is 2. The molecule has 0 aliphatic heterocycles. The summed E-state index contributed by atoms with van der Waals surface area (Å²) in [6, 6.07) is 12.9. The van der Waals surface area contributed by atoms with Gasteiger partial charge < -0.3 is 9.72 Å². The Kier molecular flexibility index (Phi) is 3.42. The molecule has 2 aromatic carbocycles. The number of halogens is 1. The van der Waals surface area contributed by atoms with E-state index in [2.05, 4.69) is 11.1 Å². The number of ether oxygens (including phenoxy) is 1. The minimum atomic E-state index is 0.480. The van der Waals surface area contributed by atoms with Crippen LogP contribution in [0.5, 0.6) is 5.75 Å². The number of hydrogen-bond acceptors (Lipinski definition) is 3. The van der Waals surface area contributed by atoms with Gasteiger partial charge in [0.15, 0.2) is 4.77 Å². The van der Waals surface area contributed by atoms with Gasteiger partial charge in [-0.15, -0.1) is 0 Å². The highest BCUT2D eigenvalue weighted by molar-refractivity contribution is 7.71. The molecule has 1 aromatic heterocycles. The standard InChI is InChI=1S/C15H10ClN3OS/c1-20-13-6-5-10(16)7-12(13)19-11-4-2-3-9(8-17)14(11)18-15(19)21/h2-7H,1H3,(H,18,21). The normalized spacial score (nSPS) is 10.5. The van der Waals surface area contributed by atoms with Gasteiger partial charge in [-0.05, 0) is 42.5 Å². The fraction of sp³-hybridized carbons (Fsp3) is 0.0667. The van der Waals surface area contributed by atoms with E-state index in [-0.39, 0.29) is 0 Å². The average molecular weight is 316 g/mol.